The molecule has 0 aromatic heterocycles. The second kappa shape index (κ2) is 16.0. The Morgan fingerprint density at radius 3 is 2.15 bits per heavy atom. The zero-order valence-corrected chi connectivity index (χ0v) is 29.8. The van der Waals surface area contributed by atoms with Crippen LogP contribution in [0.4, 0.5) is 5.69 Å². The van der Waals surface area contributed by atoms with Gasteiger partial charge in [0.25, 0.3) is 10.0 Å². The average molecular weight is 715 g/mol. The zero-order valence-electron chi connectivity index (χ0n) is 26.7. The van der Waals surface area contributed by atoms with E-state index in [0.29, 0.717) is 27.1 Å². The molecular formula is C36H38Cl3N3O4S. The van der Waals surface area contributed by atoms with Gasteiger partial charge in [0, 0.05) is 34.1 Å². The maximum atomic E-state index is 14.6. The van der Waals surface area contributed by atoms with Crippen molar-refractivity contribution in [2.24, 2.45) is 0 Å². The fourth-order valence-corrected chi connectivity index (χ4v) is 6.98. The molecule has 47 heavy (non-hydrogen) atoms. The standard InChI is InChI=1S/C36H38Cl3N3O4S/c1-5-26(4)40-36(44)34(19-27-9-7-6-8-10-27)41(22-28-14-15-29(37)20-33(28)39)35(43)23-42(30-16-13-25(3)32(38)21-30)47(45,46)31-17-11-24(2)12-18-31/h6-18,20-21,26,34H,5,19,22-23H2,1-4H3,(H,40,44)/t26-,34-/m1/s1. The molecule has 0 unspecified atom stereocenters. The Balaban J connectivity index is 1.85. The van der Waals surface area contributed by atoms with Gasteiger partial charge in [-0.15, -0.1) is 0 Å². The van der Waals surface area contributed by atoms with Crippen LogP contribution in [0.5, 0.6) is 0 Å². The van der Waals surface area contributed by atoms with E-state index in [2.05, 4.69) is 5.32 Å². The van der Waals surface area contributed by atoms with Crippen LogP contribution in [0, 0.1) is 13.8 Å². The normalized spacial score (nSPS) is 12.7. The summed E-state index contributed by atoms with van der Waals surface area (Å²) in [6.45, 7) is 6.81. The summed E-state index contributed by atoms with van der Waals surface area (Å²) in [4.78, 5) is 30.0. The van der Waals surface area contributed by atoms with E-state index < -0.39 is 28.5 Å². The van der Waals surface area contributed by atoms with Gasteiger partial charge in [-0.3, -0.25) is 13.9 Å². The lowest BCUT2D eigenvalue weighted by Crippen LogP contribution is -2.54. The number of amides is 2. The van der Waals surface area contributed by atoms with Crippen molar-refractivity contribution in [1.82, 2.24) is 10.2 Å². The van der Waals surface area contributed by atoms with Crippen molar-refractivity contribution in [3.05, 3.63) is 128 Å². The Bertz CT molecular complexity index is 1820. The fourth-order valence-electron chi connectivity index (χ4n) is 4.93. The van der Waals surface area contributed by atoms with Crippen LogP contribution < -0.4 is 9.62 Å². The van der Waals surface area contributed by atoms with Gasteiger partial charge in [-0.1, -0.05) is 102 Å². The van der Waals surface area contributed by atoms with Gasteiger partial charge in [-0.05, 0) is 80.3 Å². The molecule has 0 bridgehead atoms. The third kappa shape index (κ3) is 9.29. The van der Waals surface area contributed by atoms with Crippen LogP contribution >= 0.6 is 34.8 Å². The van der Waals surface area contributed by atoms with Gasteiger partial charge >= 0.3 is 0 Å². The first kappa shape index (κ1) is 36.3. The van der Waals surface area contributed by atoms with Crippen molar-refractivity contribution in [2.45, 2.75) is 64.1 Å². The molecule has 4 rings (SSSR count). The molecular weight excluding hydrogens is 677 g/mol. The molecule has 0 aliphatic heterocycles. The number of nitrogens with zero attached hydrogens (tertiary/aromatic N) is 2. The number of hydrogen-bond acceptors (Lipinski definition) is 4. The van der Waals surface area contributed by atoms with Crippen molar-refractivity contribution in [1.29, 1.82) is 0 Å². The maximum Gasteiger partial charge on any atom is 0.264 e. The molecule has 4 aromatic rings. The van der Waals surface area contributed by atoms with Crippen LogP contribution in [0.3, 0.4) is 0 Å². The molecule has 2 amide bonds. The molecule has 248 valence electrons. The summed E-state index contributed by atoms with van der Waals surface area (Å²) in [6.07, 6.45) is 0.860. The lowest BCUT2D eigenvalue weighted by Gasteiger charge is -2.34. The Labute approximate surface area is 292 Å². The molecule has 7 nitrogen and oxygen atoms in total. The highest BCUT2D eigenvalue weighted by Gasteiger charge is 2.35. The summed E-state index contributed by atoms with van der Waals surface area (Å²) in [7, 11) is -4.26. The smallest absolute Gasteiger partial charge is 0.264 e. The van der Waals surface area contributed by atoms with Gasteiger partial charge in [0.2, 0.25) is 11.8 Å². The molecule has 0 spiro atoms. The van der Waals surface area contributed by atoms with E-state index in [4.69, 9.17) is 34.8 Å². The molecule has 4 aromatic carbocycles. The first-order chi connectivity index (χ1) is 22.3. The van der Waals surface area contributed by atoms with E-state index in [0.717, 1.165) is 21.0 Å². The summed E-state index contributed by atoms with van der Waals surface area (Å²) >= 11 is 19.2. The number of sulfonamides is 1. The highest BCUT2D eigenvalue weighted by molar-refractivity contribution is 7.92. The molecule has 0 aliphatic rings. The van der Waals surface area contributed by atoms with E-state index in [1.807, 2.05) is 51.1 Å². The number of aryl methyl sites for hydroxylation is 2. The van der Waals surface area contributed by atoms with Gasteiger partial charge in [-0.2, -0.15) is 0 Å². The number of halogens is 3. The van der Waals surface area contributed by atoms with Gasteiger partial charge in [0.05, 0.1) is 10.6 Å². The van der Waals surface area contributed by atoms with E-state index in [-0.39, 0.29) is 35.5 Å². The predicted molar refractivity (Wildman–Crippen MR) is 191 cm³/mol. The lowest BCUT2D eigenvalue weighted by molar-refractivity contribution is -0.140. The Hall–Kier alpha value is -3.56. The fraction of sp³-hybridized carbons (Fsp3) is 0.278. The van der Waals surface area contributed by atoms with Crippen molar-refractivity contribution >= 4 is 62.3 Å². The minimum atomic E-state index is -4.26. The van der Waals surface area contributed by atoms with Crippen molar-refractivity contribution < 1.29 is 18.0 Å². The lowest BCUT2D eigenvalue weighted by atomic mass is 10.0. The molecule has 0 saturated heterocycles. The van der Waals surface area contributed by atoms with Crippen LogP contribution in [0.15, 0.2) is 95.9 Å². The number of benzene rings is 4. The molecule has 0 fully saturated rings. The highest BCUT2D eigenvalue weighted by Crippen LogP contribution is 2.30. The van der Waals surface area contributed by atoms with Gasteiger partial charge in [0.1, 0.15) is 12.6 Å². The molecule has 0 saturated carbocycles. The summed E-state index contributed by atoms with van der Waals surface area (Å²) in [5.41, 5.74) is 3.21. The number of rotatable bonds is 13. The van der Waals surface area contributed by atoms with Crippen LogP contribution in [-0.4, -0.2) is 43.8 Å². The van der Waals surface area contributed by atoms with Gasteiger partial charge in [0.15, 0.2) is 0 Å². The minimum Gasteiger partial charge on any atom is -0.352 e. The number of anilines is 1. The van der Waals surface area contributed by atoms with Crippen LogP contribution in [0.25, 0.3) is 0 Å². The van der Waals surface area contributed by atoms with Crippen LogP contribution in [-0.2, 0) is 32.6 Å². The van der Waals surface area contributed by atoms with E-state index in [1.165, 1.54) is 23.1 Å². The third-order valence-corrected chi connectivity index (χ3v) is 10.7. The van der Waals surface area contributed by atoms with Crippen LogP contribution in [0.2, 0.25) is 15.1 Å². The zero-order chi connectivity index (χ0) is 34.3. The predicted octanol–water partition coefficient (Wildman–Crippen LogP) is 8.01. The Kier molecular flexibility index (Phi) is 12.4. The van der Waals surface area contributed by atoms with Crippen molar-refractivity contribution in [3.63, 3.8) is 0 Å². The summed E-state index contributed by atoms with van der Waals surface area (Å²) in [5, 5.41) is 4.09. The van der Waals surface area contributed by atoms with Crippen LogP contribution in [0.1, 0.15) is 42.5 Å². The summed E-state index contributed by atoms with van der Waals surface area (Å²) in [5.74, 6) is -0.975. The van der Waals surface area contributed by atoms with Gasteiger partial charge < -0.3 is 10.2 Å². The number of hydrogen-bond donors (Lipinski definition) is 1. The van der Waals surface area contributed by atoms with E-state index >= 15 is 0 Å². The number of carbonyl (C=O) groups is 2. The summed E-state index contributed by atoms with van der Waals surface area (Å²) in [6, 6.07) is 24.3. The number of carbonyl (C=O) groups excluding carboxylic acids is 2. The second-order valence-corrected chi connectivity index (χ2v) is 14.7. The quantitative estimate of drug-likeness (QED) is 0.152. The van der Waals surface area contributed by atoms with E-state index in [1.54, 1.807) is 49.4 Å². The van der Waals surface area contributed by atoms with E-state index in [9.17, 15) is 18.0 Å². The molecule has 0 aliphatic carbocycles. The molecule has 0 heterocycles. The first-order valence-electron chi connectivity index (χ1n) is 15.2. The Morgan fingerprint density at radius 1 is 0.851 bits per heavy atom. The molecule has 0 radical (unpaired) electrons. The maximum absolute atomic E-state index is 14.6. The first-order valence-corrected chi connectivity index (χ1v) is 17.8. The second-order valence-electron chi connectivity index (χ2n) is 11.5. The largest absolute Gasteiger partial charge is 0.352 e. The Morgan fingerprint density at radius 2 is 1.53 bits per heavy atom. The van der Waals surface area contributed by atoms with Gasteiger partial charge in [-0.25, -0.2) is 8.42 Å². The molecule has 1 N–H and O–H groups in total. The topological polar surface area (TPSA) is 86.8 Å². The van der Waals surface area contributed by atoms with Crippen molar-refractivity contribution in [2.75, 3.05) is 10.8 Å². The summed E-state index contributed by atoms with van der Waals surface area (Å²) < 4.78 is 29.5. The average Bonchev–Trinajstić information content (AvgIpc) is 3.04. The number of nitrogens with one attached hydrogen (secondary N) is 1. The third-order valence-electron chi connectivity index (χ3n) is 7.96. The monoisotopic (exact) mass is 713 g/mol. The SMILES string of the molecule is CC[C@@H](C)NC(=O)[C@@H](Cc1ccccc1)N(Cc1ccc(Cl)cc1Cl)C(=O)CN(c1ccc(C)c(Cl)c1)S(=O)(=O)c1ccc(C)cc1. The molecule has 2 atom stereocenters. The highest BCUT2D eigenvalue weighted by atomic mass is 35.5. The minimum absolute atomic E-state index is 0.00948. The molecule has 11 heteroatoms. The van der Waals surface area contributed by atoms with Crippen molar-refractivity contribution in [3.8, 4) is 0 Å².